The number of methoxy groups -OCH3 is 2. The van der Waals surface area contributed by atoms with Crippen LogP contribution in [0.5, 0.6) is 5.75 Å². The van der Waals surface area contributed by atoms with E-state index in [4.69, 9.17) is 4.74 Å². The van der Waals surface area contributed by atoms with Crippen molar-refractivity contribution >= 4 is 17.6 Å². The summed E-state index contributed by atoms with van der Waals surface area (Å²) in [6, 6.07) is 7.06. The van der Waals surface area contributed by atoms with Gasteiger partial charge in [-0.15, -0.1) is 0 Å². The molecular weight excluding hydrogens is 234 g/mol. The summed E-state index contributed by atoms with van der Waals surface area (Å²) in [7, 11) is 2.79. The number of hydrogen-bond donors (Lipinski definition) is 1. The van der Waals surface area contributed by atoms with Gasteiger partial charge in [0, 0.05) is 18.6 Å². The van der Waals surface area contributed by atoms with E-state index in [-0.39, 0.29) is 5.91 Å². The van der Waals surface area contributed by atoms with Gasteiger partial charge in [0.1, 0.15) is 5.75 Å². The molecule has 0 spiro atoms. The second kappa shape index (κ2) is 6.44. The number of esters is 1. The molecule has 1 amide bonds. The highest BCUT2D eigenvalue weighted by molar-refractivity contribution is 5.96. The highest BCUT2D eigenvalue weighted by Gasteiger charge is 2.11. The molecule has 18 heavy (non-hydrogen) atoms. The quantitative estimate of drug-likeness (QED) is 0.646. The lowest BCUT2D eigenvalue weighted by Crippen LogP contribution is -2.19. The Balaban J connectivity index is 3.21. The Labute approximate surface area is 105 Å². The Morgan fingerprint density at radius 2 is 1.89 bits per heavy atom. The number of benzene rings is 1. The fourth-order valence-electron chi connectivity index (χ4n) is 1.41. The van der Waals surface area contributed by atoms with Crippen LogP contribution >= 0.6 is 0 Å². The van der Waals surface area contributed by atoms with E-state index < -0.39 is 5.97 Å². The van der Waals surface area contributed by atoms with Gasteiger partial charge in [-0.05, 0) is 12.1 Å². The van der Waals surface area contributed by atoms with Gasteiger partial charge >= 0.3 is 5.97 Å². The first-order valence-electron chi connectivity index (χ1n) is 5.29. The molecule has 1 aromatic carbocycles. The third-order valence-corrected chi connectivity index (χ3v) is 2.17. The van der Waals surface area contributed by atoms with Crippen molar-refractivity contribution < 1.29 is 19.1 Å². The molecule has 0 atom stereocenters. The Morgan fingerprint density at radius 3 is 2.44 bits per heavy atom. The molecule has 0 unspecified atom stereocenters. The largest absolute Gasteiger partial charge is 0.496 e. The first-order chi connectivity index (χ1) is 8.58. The fourth-order valence-corrected chi connectivity index (χ4v) is 1.41. The van der Waals surface area contributed by atoms with Crippen molar-refractivity contribution in [2.24, 2.45) is 0 Å². The van der Waals surface area contributed by atoms with Crippen molar-refractivity contribution in [3.63, 3.8) is 0 Å². The zero-order valence-corrected chi connectivity index (χ0v) is 10.5. The number of para-hydroxylation sites is 1. The zero-order valence-electron chi connectivity index (χ0n) is 10.5. The summed E-state index contributed by atoms with van der Waals surface area (Å²) in [5, 5.41) is 2.58. The van der Waals surface area contributed by atoms with Gasteiger partial charge < -0.3 is 14.8 Å². The summed E-state index contributed by atoms with van der Waals surface area (Å²) < 4.78 is 9.73. The van der Waals surface area contributed by atoms with Gasteiger partial charge in [0.2, 0.25) is 5.91 Å². The molecule has 5 heteroatoms. The van der Waals surface area contributed by atoms with Crippen LogP contribution in [0.15, 0.2) is 30.3 Å². The number of rotatable bonds is 4. The van der Waals surface area contributed by atoms with E-state index in [9.17, 15) is 9.59 Å². The molecule has 96 valence electrons. The molecule has 0 radical (unpaired) electrons. The minimum atomic E-state index is -0.551. The Morgan fingerprint density at radius 1 is 1.22 bits per heavy atom. The molecule has 0 fully saturated rings. The van der Waals surface area contributed by atoms with Crippen LogP contribution in [0, 0.1) is 0 Å². The van der Waals surface area contributed by atoms with E-state index in [0.29, 0.717) is 17.0 Å². The van der Waals surface area contributed by atoms with Crippen molar-refractivity contribution in [2.75, 3.05) is 14.2 Å². The van der Waals surface area contributed by atoms with Crippen molar-refractivity contribution in [3.8, 4) is 5.75 Å². The maximum atomic E-state index is 11.3. The first-order valence-corrected chi connectivity index (χ1v) is 5.29. The van der Waals surface area contributed by atoms with Crippen LogP contribution in [0.3, 0.4) is 0 Å². The van der Waals surface area contributed by atoms with E-state index in [1.54, 1.807) is 24.3 Å². The van der Waals surface area contributed by atoms with Gasteiger partial charge in [0.05, 0.1) is 19.9 Å². The molecule has 0 aliphatic carbocycles. The zero-order chi connectivity index (χ0) is 13.5. The summed E-state index contributed by atoms with van der Waals surface area (Å²) in [4.78, 5) is 22.4. The Hall–Kier alpha value is -2.30. The standard InChI is InChI=1S/C13H15NO4/c1-9(15)14-11(8-13(16)18-3)10-6-4-5-7-12(10)17-2/h4-8H,1-3H3,(H,14,15)/b11-8-. The van der Waals surface area contributed by atoms with Gasteiger partial charge in [-0.25, -0.2) is 4.79 Å². The molecule has 0 saturated carbocycles. The molecule has 0 aliphatic rings. The van der Waals surface area contributed by atoms with Gasteiger partial charge in [-0.1, -0.05) is 12.1 Å². The van der Waals surface area contributed by atoms with E-state index in [0.717, 1.165) is 0 Å². The first kappa shape index (κ1) is 13.8. The lowest BCUT2D eigenvalue weighted by atomic mass is 10.1. The third-order valence-electron chi connectivity index (χ3n) is 2.17. The van der Waals surface area contributed by atoms with Crippen molar-refractivity contribution in [2.45, 2.75) is 6.92 Å². The van der Waals surface area contributed by atoms with Gasteiger partial charge in [-0.3, -0.25) is 4.79 Å². The molecule has 0 aromatic heterocycles. The number of carbonyl (C=O) groups is 2. The maximum absolute atomic E-state index is 11.3. The summed E-state index contributed by atoms with van der Waals surface area (Å²) in [6.07, 6.45) is 1.21. The van der Waals surface area contributed by atoms with E-state index >= 15 is 0 Å². The SMILES string of the molecule is COC(=O)/C=C(\NC(C)=O)c1ccccc1OC. The second-order valence-electron chi connectivity index (χ2n) is 3.46. The molecule has 1 rings (SSSR count). The number of carbonyl (C=O) groups excluding carboxylic acids is 2. The monoisotopic (exact) mass is 249 g/mol. The van der Waals surface area contributed by atoms with Crippen LogP contribution in [0.4, 0.5) is 0 Å². The summed E-state index contributed by atoms with van der Waals surface area (Å²) >= 11 is 0. The fraction of sp³-hybridized carbons (Fsp3) is 0.231. The van der Waals surface area contributed by atoms with Crippen LogP contribution in [0.25, 0.3) is 5.70 Å². The average molecular weight is 249 g/mol. The lowest BCUT2D eigenvalue weighted by Gasteiger charge is -2.12. The van der Waals surface area contributed by atoms with E-state index in [1.165, 1.54) is 27.2 Å². The predicted octanol–water partition coefficient (Wildman–Crippen LogP) is 1.35. The normalized spacial score (nSPS) is 10.7. The van der Waals surface area contributed by atoms with Gasteiger partial charge in [0.25, 0.3) is 0 Å². The van der Waals surface area contributed by atoms with Gasteiger partial charge in [-0.2, -0.15) is 0 Å². The predicted molar refractivity (Wildman–Crippen MR) is 66.8 cm³/mol. The van der Waals surface area contributed by atoms with Crippen LogP contribution in [0.2, 0.25) is 0 Å². The summed E-state index contributed by atoms with van der Waals surface area (Å²) in [5.74, 6) is -0.276. The van der Waals surface area contributed by atoms with Crippen LogP contribution in [0.1, 0.15) is 12.5 Å². The molecule has 0 bridgehead atoms. The minimum Gasteiger partial charge on any atom is -0.496 e. The van der Waals surface area contributed by atoms with E-state index in [2.05, 4.69) is 10.1 Å². The van der Waals surface area contributed by atoms with Crippen LogP contribution in [-0.2, 0) is 14.3 Å². The van der Waals surface area contributed by atoms with E-state index in [1.807, 2.05) is 0 Å². The smallest absolute Gasteiger partial charge is 0.332 e. The molecule has 0 saturated heterocycles. The number of ether oxygens (including phenoxy) is 2. The molecular formula is C13H15NO4. The molecule has 0 aliphatic heterocycles. The Bertz CT molecular complexity index is 480. The lowest BCUT2D eigenvalue weighted by molar-refractivity contribution is -0.134. The van der Waals surface area contributed by atoms with Crippen LogP contribution in [-0.4, -0.2) is 26.1 Å². The molecule has 1 N–H and O–H groups in total. The van der Waals surface area contributed by atoms with Gasteiger partial charge in [0.15, 0.2) is 0 Å². The third kappa shape index (κ3) is 3.62. The summed E-state index contributed by atoms with van der Waals surface area (Å²) in [6.45, 7) is 1.36. The summed E-state index contributed by atoms with van der Waals surface area (Å²) in [5.41, 5.74) is 0.951. The van der Waals surface area contributed by atoms with Crippen LogP contribution < -0.4 is 10.1 Å². The van der Waals surface area contributed by atoms with Crippen molar-refractivity contribution in [3.05, 3.63) is 35.9 Å². The topological polar surface area (TPSA) is 64.6 Å². The highest BCUT2D eigenvalue weighted by atomic mass is 16.5. The second-order valence-corrected chi connectivity index (χ2v) is 3.46. The molecule has 5 nitrogen and oxygen atoms in total. The number of amides is 1. The Kier molecular flexibility index (Phi) is 4.92. The van der Waals surface area contributed by atoms with Crippen molar-refractivity contribution in [1.82, 2.24) is 5.32 Å². The maximum Gasteiger partial charge on any atom is 0.332 e. The highest BCUT2D eigenvalue weighted by Crippen LogP contribution is 2.23. The number of nitrogens with one attached hydrogen (secondary N) is 1. The average Bonchev–Trinajstić information content (AvgIpc) is 2.37. The molecule has 1 aromatic rings. The number of hydrogen-bond acceptors (Lipinski definition) is 4. The minimum absolute atomic E-state index is 0.281. The van der Waals surface area contributed by atoms with Crippen molar-refractivity contribution in [1.29, 1.82) is 0 Å². The molecule has 0 heterocycles.